The molecule has 0 aliphatic heterocycles. The maximum atomic E-state index is 13.3. The molecule has 54 heavy (non-hydrogen) atoms. The van der Waals surface area contributed by atoms with Crippen LogP contribution in [0.25, 0.3) is 20.9 Å². The summed E-state index contributed by atoms with van der Waals surface area (Å²) in [7, 11) is -16.5. The molecule has 2 fully saturated rings. The highest BCUT2D eigenvalue weighted by Crippen LogP contribution is 2.27. The van der Waals surface area contributed by atoms with Crippen LogP contribution in [0.2, 0.25) is 0 Å². The third-order valence-electron chi connectivity index (χ3n) is 9.96. The van der Waals surface area contributed by atoms with E-state index in [-0.39, 0.29) is 35.7 Å². The summed E-state index contributed by atoms with van der Waals surface area (Å²) >= 11 is 0. The van der Waals surface area contributed by atoms with Crippen molar-refractivity contribution in [1.82, 2.24) is 0 Å². The van der Waals surface area contributed by atoms with E-state index in [2.05, 4.69) is 20.1 Å². The largest absolute Gasteiger partial charge is 0.227 e. The lowest BCUT2D eigenvalue weighted by molar-refractivity contribution is 0.419. The lowest BCUT2D eigenvalue weighted by Gasteiger charge is -2.18. The molecule has 2 unspecified atom stereocenters. The predicted octanol–water partition coefficient (Wildman–Crippen LogP) is 9.12. The third-order valence-corrected chi connectivity index (χ3v) is 19.9. The summed E-state index contributed by atoms with van der Waals surface area (Å²) in [4.78, 5) is 5.30. The van der Waals surface area contributed by atoms with Crippen molar-refractivity contribution in [3.63, 3.8) is 0 Å². The van der Waals surface area contributed by atoms with Gasteiger partial charge in [-0.25, -0.2) is 33.7 Å². The molecular formula is C36H60N6O8S4. The summed E-state index contributed by atoms with van der Waals surface area (Å²) in [6.45, 7) is 2.73. The van der Waals surface area contributed by atoms with Crippen LogP contribution >= 0.6 is 0 Å². The van der Waals surface area contributed by atoms with E-state index in [1.165, 1.54) is 13.8 Å². The topological polar surface area (TPSA) is 234 Å². The lowest BCUT2D eigenvalue weighted by atomic mass is 9.89. The maximum absolute atomic E-state index is 13.3. The average molecular weight is 833 g/mol. The van der Waals surface area contributed by atoms with Crippen molar-refractivity contribution < 1.29 is 33.7 Å². The summed E-state index contributed by atoms with van der Waals surface area (Å²) < 4.78 is 102. The smallest absolute Gasteiger partial charge is 0.181 e. The molecule has 306 valence electrons. The van der Waals surface area contributed by atoms with E-state index in [9.17, 15) is 33.7 Å². The van der Waals surface area contributed by atoms with Crippen molar-refractivity contribution in [2.45, 2.75) is 139 Å². The molecule has 14 nitrogen and oxygen atoms in total. The van der Waals surface area contributed by atoms with Crippen LogP contribution in [-0.4, -0.2) is 65.8 Å². The van der Waals surface area contributed by atoms with Crippen LogP contribution in [0.15, 0.2) is 58.1 Å². The highest BCUT2D eigenvalue weighted by Gasteiger charge is 2.36. The Kier molecular flexibility index (Phi) is 21.2. The molecule has 0 heterocycles. The number of hydrogen-bond donors (Lipinski definition) is 0. The normalized spacial score (nSPS) is 18.7. The zero-order valence-electron chi connectivity index (χ0n) is 31.9. The van der Waals surface area contributed by atoms with Crippen molar-refractivity contribution in [2.24, 2.45) is 22.1 Å². The number of rotatable bonds is 25. The first kappa shape index (κ1) is 47.5. The Hall–Kier alpha value is -2.62. The molecule has 0 spiro atoms. The number of azide groups is 2. The van der Waals surface area contributed by atoms with Gasteiger partial charge in [-0.2, -0.15) is 0 Å². The summed E-state index contributed by atoms with van der Waals surface area (Å²) in [6.07, 6.45) is 24.0. The van der Waals surface area contributed by atoms with E-state index in [0.29, 0.717) is 37.5 Å². The first-order valence-electron chi connectivity index (χ1n) is 19.2. The van der Waals surface area contributed by atoms with Gasteiger partial charge in [0.15, 0.2) is 48.5 Å². The van der Waals surface area contributed by atoms with Crippen LogP contribution in [0.5, 0.6) is 0 Å². The van der Waals surface area contributed by atoms with Crippen LogP contribution in [0.1, 0.15) is 129 Å². The standard InChI is InChI=1S/C36H60N6O8S4/c1-31(39-41-37)29-35(53(47,48)27-17-23-33-19-11-9-12-20-33)51(43,44)25-15-7-5-3-4-6-8-16-26-52(45,46)36(30-32(2)40-42-38)54(49,50)28-18-24-34-21-13-10-14-22-34/h17-18,23-24,29-30,33-36H,3-16,19-22,25-28H2,1-2H3. The Morgan fingerprint density at radius 1 is 0.537 bits per heavy atom. The van der Waals surface area contributed by atoms with Gasteiger partial charge in [-0.3, -0.25) is 0 Å². The maximum Gasteiger partial charge on any atom is 0.181 e. The molecule has 2 atom stereocenters. The van der Waals surface area contributed by atoms with Gasteiger partial charge in [0.05, 0.1) is 23.0 Å². The SMILES string of the molecule is CC(=CC(S(=O)(=O)CC=CC1CCCCC1)S(=O)(=O)CCCCCCCCCCS(=O)(=O)C(C=C(C)N=[N+]=[N-])S(=O)(=O)CC=CC1CCCCC1)N=[N+]=[N-]. The van der Waals surface area contributed by atoms with Gasteiger partial charge < -0.3 is 0 Å². The first-order chi connectivity index (χ1) is 25.5. The van der Waals surface area contributed by atoms with Crippen LogP contribution in [0.3, 0.4) is 0 Å². The van der Waals surface area contributed by atoms with E-state index in [1.54, 1.807) is 12.2 Å². The average Bonchev–Trinajstić information content (AvgIpc) is 3.11. The third kappa shape index (κ3) is 17.9. The van der Waals surface area contributed by atoms with Gasteiger partial charge in [-0.05, 0) is 87.4 Å². The molecule has 0 saturated heterocycles. The lowest BCUT2D eigenvalue weighted by Crippen LogP contribution is -2.32. The van der Waals surface area contributed by atoms with Crippen molar-refractivity contribution in [3.8, 4) is 0 Å². The Bertz CT molecular complexity index is 1710. The molecule has 0 aromatic carbocycles. The minimum absolute atomic E-state index is 0.0300. The molecule has 0 aromatic heterocycles. The van der Waals surface area contributed by atoms with Crippen molar-refractivity contribution in [3.05, 3.63) is 68.7 Å². The van der Waals surface area contributed by atoms with Gasteiger partial charge in [-0.15, -0.1) is 0 Å². The predicted molar refractivity (Wildman–Crippen MR) is 217 cm³/mol. The quantitative estimate of drug-likeness (QED) is 0.0282. The van der Waals surface area contributed by atoms with E-state index >= 15 is 0 Å². The second kappa shape index (κ2) is 24.1. The van der Waals surface area contributed by atoms with Gasteiger partial charge in [0, 0.05) is 21.2 Å². The fourth-order valence-corrected chi connectivity index (χ4v) is 16.0. The Labute approximate surface area is 324 Å². The molecule has 18 heteroatoms. The van der Waals surface area contributed by atoms with E-state index in [0.717, 1.165) is 89.2 Å². The van der Waals surface area contributed by atoms with Gasteiger partial charge in [-0.1, -0.05) is 112 Å². The zero-order valence-corrected chi connectivity index (χ0v) is 35.2. The summed E-state index contributed by atoms with van der Waals surface area (Å²) in [5, 5.41) is 6.77. The number of sulfone groups is 4. The number of unbranched alkanes of at least 4 members (excludes halogenated alkanes) is 7. The molecule has 0 N–H and O–H groups in total. The second-order valence-corrected chi connectivity index (χ2v) is 24.0. The van der Waals surface area contributed by atoms with Gasteiger partial charge in [0.25, 0.3) is 0 Å². The molecule has 2 rings (SSSR count). The molecular weight excluding hydrogens is 773 g/mol. The minimum Gasteiger partial charge on any atom is -0.227 e. The number of allylic oxidation sites excluding steroid dienone is 4. The van der Waals surface area contributed by atoms with Crippen molar-refractivity contribution in [1.29, 1.82) is 0 Å². The molecule has 0 radical (unpaired) electrons. The summed E-state index contributed by atoms with van der Waals surface area (Å²) in [5.74, 6) is -0.936. The van der Waals surface area contributed by atoms with Gasteiger partial charge in [0.2, 0.25) is 0 Å². The highest BCUT2D eigenvalue weighted by atomic mass is 32.3. The molecule has 0 aromatic rings. The van der Waals surface area contributed by atoms with Crippen LogP contribution in [-0.2, 0) is 39.3 Å². The number of nitrogens with zero attached hydrogens (tertiary/aromatic N) is 6. The fraction of sp³-hybridized carbons (Fsp3) is 0.778. The van der Waals surface area contributed by atoms with Gasteiger partial charge in [0.1, 0.15) is 0 Å². The summed E-state index contributed by atoms with van der Waals surface area (Å²) in [5.41, 5.74) is 17.5. The van der Waals surface area contributed by atoms with Crippen LogP contribution in [0, 0.1) is 11.8 Å². The van der Waals surface area contributed by atoms with E-state index < -0.39 is 60.0 Å². The minimum atomic E-state index is -4.13. The summed E-state index contributed by atoms with van der Waals surface area (Å²) in [6, 6.07) is 0. The number of hydrogen-bond acceptors (Lipinski definition) is 10. The molecule has 2 saturated carbocycles. The van der Waals surface area contributed by atoms with Crippen molar-refractivity contribution in [2.75, 3.05) is 23.0 Å². The Balaban J connectivity index is 1.86. The fourth-order valence-electron chi connectivity index (χ4n) is 6.97. The molecule has 2 aliphatic carbocycles. The van der Waals surface area contributed by atoms with Crippen LogP contribution < -0.4 is 0 Å². The van der Waals surface area contributed by atoms with Crippen LogP contribution in [0.4, 0.5) is 0 Å². The monoisotopic (exact) mass is 832 g/mol. The van der Waals surface area contributed by atoms with E-state index in [1.807, 2.05) is 12.2 Å². The van der Waals surface area contributed by atoms with Gasteiger partial charge >= 0.3 is 0 Å². The Morgan fingerprint density at radius 2 is 0.852 bits per heavy atom. The molecule has 0 amide bonds. The Morgan fingerprint density at radius 3 is 1.17 bits per heavy atom. The molecule has 0 bridgehead atoms. The van der Waals surface area contributed by atoms with E-state index in [4.69, 9.17) is 11.1 Å². The first-order valence-corrected chi connectivity index (χ1v) is 26.1. The van der Waals surface area contributed by atoms with Crippen molar-refractivity contribution >= 4 is 39.3 Å². The molecule has 2 aliphatic rings. The highest BCUT2D eigenvalue weighted by molar-refractivity contribution is 8.09. The zero-order chi connectivity index (χ0) is 40.1. The second-order valence-electron chi connectivity index (χ2n) is 14.6.